The lowest BCUT2D eigenvalue weighted by Crippen LogP contribution is -2.46. The number of nitrogens with one attached hydrogen (secondary N) is 1. The standard InChI is InChI=1S/C18H27N3O2/c1-12-11-13(7-10-21(12)17(22)23-18(2,3)4)14-5-8-19-16-15(14)6-9-20-16/h5,8,12-13H,6-7,9-11H2,1-4H3,(H,19,20)/t12-,13?/m0/s1. The van der Waals surface area contributed by atoms with Crippen LogP contribution in [-0.2, 0) is 11.2 Å². The van der Waals surface area contributed by atoms with Crippen molar-refractivity contribution in [3.05, 3.63) is 23.4 Å². The molecule has 1 N–H and O–H groups in total. The van der Waals surface area contributed by atoms with E-state index >= 15 is 0 Å². The Morgan fingerprint density at radius 1 is 1.43 bits per heavy atom. The normalized spacial score (nSPS) is 24.1. The van der Waals surface area contributed by atoms with Crippen molar-refractivity contribution in [2.75, 3.05) is 18.4 Å². The molecule has 5 heteroatoms. The minimum atomic E-state index is -0.439. The first-order chi connectivity index (χ1) is 10.8. The fourth-order valence-corrected chi connectivity index (χ4v) is 3.66. The molecule has 0 aliphatic carbocycles. The van der Waals surface area contributed by atoms with Gasteiger partial charge in [-0.25, -0.2) is 9.78 Å². The number of rotatable bonds is 1. The number of likely N-dealkylation sites (tertiary alicyclic amines) is 1. The van der Waals surface area contributed by atoms with E-state index in [1.165, 1.54) is 11.1 Å². The highest BCUT2D eigenvalue weighted by Gasteiger charge is 2.33. The summed E-state index contributed by atoms with van der Waals surface area (Å²) in [6.45, 7) is 9.59. The molecule has 23 heavy (non-hydrogen) atoms. The molecule has 0 bridgehead atoms. The molecule has 0 spiro atoms. The number of carbonyl (C=O) groups excluding carboxylic acids is 1. The van der Waals surface area contributed by atoms with Crippen molar-refractivity contribution in [2.24, 2.45) is 0 Å². The van der Waals surface area contributed by atoms with Crippen LogP contribution in [0.15, 0.2) is 12.3 Å². The number of hydrogen-bond acceptors (Lipinski definition) is 4. The van der Waals surface area contributed by atoms with Crippen LogP contribution < -0.4 is 5.32 Å². The second-order valence-electron chi connectivity index (χ2n) is 7.65. The fraction of sp³-hybridized carbons (Fsp3) is 0.667. The van der Waals surface area contributed by atoms with Crippen LogP contribution in [0.2, 0.25) is 0 Å². The van der Waals surface area contributed by atoms with Crippen LogP contribution in [0.4, 0.5) is 10.6 Å². The van der Waals surface area contributed by atoms with Crippen molar-refractivity contribution in [3.8, 4) is 0 Å². The third-order valence-corrected chi connectivity index (χ3v) is 4.70. The lowest BCUT2D eigenvalue weighted by Gasteiger charge is -2.38. The van der Waals surface area contributed by atoms with Gasteiger partial charge >= 0.3 is 6.09 Å². The van der Waals surface area contributed by atoms with E-state index in [1.54, 1.807) is 0 Å². The van der Waals surface area contributed by atoms with Crippen LogP contribution in [0, 0.1) is 0 Å². The van der Waals surface area contributed by atoms with E-state index in [-0.39, 0.29) is 12.1 Å². The molecule has 1 unspecified atom stereocenters. The molecule has 1 aromatic rings. The third-order valence-electron chi connectivity index (χ3n) is 4.70. The van der Waals surface area contributed by atoms with Gasteiger partial charge in [-0.15, -0.1) is 0 Å². The molecule has 1 fully saturated rings. The zero-order chi connectivity index (χ0) is 16.6. The summed E-state index contributed by atoms with van der Waals surface area (Å²) in [5, 5.41) is 3.35. The summed E-state index contributed by atoms with van der Waals surface area (Å²) in [6.07, 6.45) is 4.73. The van der Waals surface area contributed by atoms with E-state index in [9.17, 15) is 4.79 Å². The summed E-state index contributed by atoms with van der Waals surface area (Å²) in [6, 6.07) is 2.36. The predicted molar refractivity (Wildman–Crippen MR) is 90.8 cm³/mol. The van der Waals surface area contributed by atoms with E-state index in [1.807, 2.05) is 31.9 Å². The van der Waals surface area contributed by atoms with Crippen molar-refractivity contribution in [3.63, 3.8) is 0 Å². The van der Waals surface area contributed by atoms with Crippen LogP contribution in [-0.4, -0.2) is 40.7 Å². The fourth-order valence-electron chi connectivity index (χ4n) is 3.66. The maximum atomic E-state index is 12.3. The molecule has 2 aliphatic heterocycles. The van der Waals surface area contributed by atoms with Crippen LogP contribution in [0.1, 0.15) is 57.6 Å². The Bertz CT molecular complexity index is 594. The number of amides is 1. The van der Waals surface area contributed by atoms with E-state index in [0.29, 0.717) is 5.92 Å². The molecule has 2 atom stereocenters. The highest BCUT2D eigenvalue weighted by molar-refractivity contribution is 5.68. The van der Waals surface area contributed by atoms with Gasteiger partial charge in [-0.05, 0) is 70.1 Å². The van der Waals surface area contributed by atoms with Crippen LogP contribution >= 0.6 is 0 Å². The lowest BCUT2D eigenvalue weighted by molar-refractivity contribution is 0.0103. The molecule has 1 amide bonds. The summed E-state index contributed by atoms with van der Waals surface area (Å²) in [7, 11) is 0. The largest absolute Gasteiger partial charge is 0.444 e. The van der Waals surface area contributed by atoms with Gasteiger partial charge in [0.25, 0.3) is 0 Å². The average Bonchev–Trinajstić information content (AvgIpc) is 2.93. The van der Waals surface area contributed by atoms with E-state index in [4.69, 9.17) is 4.74 Å². The number of piperidine rings is 1. The van der Waals surface area contributed by atoms with E-state index < -0.39 is 5.60 Å². The molecule has 0 aromatic carbocycles. The van der Waals surface area contributed by atoms with Crippen molar-refractivity contribution < 1.29 is 9.53 Å². The highest BCUT2D eigenvalue weighted by Crippen LogP contribution is 2.37. The summed E-state index contributed by atoms with van der Waals surface area (Å²) in [4.78, 5) is 18.6. The Kier molecular flexibility index (Phi) is 4.21. The van der Waals surface area contributed by atoms with Gasteiger partial charge in [-0.1, -0.05) is 0 Å². The smallest absolute Gasteiger partial charge is 0.410 e. The van der Waals surface area contributed by atoms with Crippen molar-refractivity contribution in [2.45, 2.75) is 64.5 Å². The van der Waals surface area contributed by atoms with Gasteiger partial charge in [0.05, 0.1) is 0 Å². The number of anilines is 1. The first kappa shape index (κ1) is 16.1. The summed E-state index contributed by atoms with van der Waals surface area (Å²) in [5.74, 6) is 1.55. The third kappa shape index (κ3) is 3.43. The predicted octanol–water partition coefficient (Wildman–Crippen LogP) is 3.55. The second kappa shape index (κ2) is 6.02. The summed E-state index contributed by atoms with van der Waals surface area (Å²) in [5.41, 5.74) is 2.34. The van der Waals surface area contributed by atoms with Crippen LogP contribution in [0.3, 0.4) is 0 Å². The average molecular weight is 317 g/mol. The zero-order valence-corrected chi connectivity index (χ0v) is 14.6. The molecule has 3 rings (SSSR count). The molecule has 1 aromatic heterocycles. The van der Waals surface area contributed by atoms with Gasteiger partial charge in [0.2, 0.25) is 0 Å². The van der Waals surface area contributed by atoms with Crippen molar-refractivity contribution >= 4 is 11.9 Å². The minimum Gasteiger partial charge on any atom is -0.444 e. The van der Waals surface area contributed by atoms with Crippen LogP contribution in [0.25, 0.3) is 0 Å². The van der Waals surface area contributed by atoms with Gasteiger partial charge in [-0.3, -0.25) is 0 Å². The number of hydrogen-bond donors (Lipinski definition) is 1. The molecule has 0 saturated carbocycles. The maximum Gasteiger partial charge on any atom is 0.410 e. The number of pyridine rings is 1. The monoisotopic (exact) mass is 317 g/mol. The Morgan fingerprint density at radius 3 is 2.91 bits per heavy atom. The Morgan fingerprint density at radius 2 is 2.22 bits per heavy atom. The SMILES string of the molecule is C[C@H]1CC(c2ccnc3c2CCN3)CCN1C(=O)OC(C)(C)C. The van der Waals surface area contributed by atoms with Gasteiger partial charge in [0.1, 0.15) is 11.4 Å². The number of nitrogens with zero attached hydrogens (tertiary/aromatic N) is 2. The first-order valence-electron chi connectivity index (χ1n) is 8.56. The molecule has 126 valence electrons. The summed E-state index contributed by atoms with van der Waals surface area (Å²) >= 11 is 0. The van der Waals surface area contributed by atoms with Gasteiger partial charge in [0, 0.05) is 25.3 Å². The maximum absolute atomic E-state index is 12.3. The Hall–Kier alpha value is -1.78. The number of carbonyl (C=O) groups is 1. The summed E-state index contributed by atoms with van der Waals surface area (Å²) < 4.78 is 5.53. The molecular formula is C18H27N3O2. The topological polar surface area (TPSA) is 54.5 Å². The molecule has 2 aliphatic rings. The van der Waals surface area contributed by atoms with Crippen molar-refractivity contribution in [1.82, 2.24) is 9.88 Å². The molecule has 3 heterocycles. The van der Waals surface area contributed by atoms with Gasteiger partial charge in [0.15, 0.2) is 0 Å². The molecular weight excluding hydrogens is 290 g/mol. The Labute approximate surface area is 138 Å². The molecule has 1 saturated heterocycles. The van der Waals surface area contributed by atoms with Gasteiger partial charge in [-0.2, -0.15) is 0 Å². The number of aromatic nitrogens is 1. The number of ether oxygens (including phenoxy) is 1. The first-order valence-corrected chi connectivity index (χ1v) is 8.56. The van der Waals surface area contributed by atoms with Crippen molar-refractivity contribution in [1.29, 1.82) is 0 Å². The van der Waals surface area contributed by atoms with Gasteiger partial charge < -0.3 is 15.0 Å². The Balaban J connectivity index is 1.70. The second-order valence-corrected chi connectivity index (χ2v) is 7.65. The van der Waals surface area contributed by atoms with E-state index in [0.717, 1.165) is 38.2 Å². The quantitative estimate of drug-likeness (QED) is 0.860. The lowest BCUT2D eigenvalue weighted by atomic mass is 9.84. The number of fused-ring (bicyclic) bond motifs is 1. The molecule has 0 radical (unpaired) electrons. The highest BCUT2D eigenvalue weighted by atomic mass is 16.6. The zero-order valence-electron chi connectivity index (χ0n) is 14.6. The molecule has 5 nitrogen and oxygen atoms in total. The van der Waals surface area contributed by atoms with Crippen LogP contribution in [0.5, 0.6) is 0 Å². The minimum absolute atomic E-state index is 0.190. The van der Waals surface area contributed by atoms with E-state index in [2.05, 4.69) is 23.3 Å².